The van der Waals surface area contributed by atoms with Gasteiger partial charge in [-0.25, -0.2) is 4.79 Å². The Kier molecular flexibility index (Phi) is 8.39. The largest absolute Gasteiger partial charge is 0.497 e. The monoisotopic (exact) mass is 557 g/mol. The number of methoxy groups -OCH3 is 1. The van der Waals surface area contributed by atoms with E-state index < -0.39 is 42.9 Å². The fourth-order valence-corrected chi connectivity index (χ4v) is 3.51. The predicted molar refractivity (Wildman–Crippen MR) is 127 cm³/mol. The summed E-state index contributed by atoms with van der Waals surface area (Å²) in [6, 6.07) is 7.69. The molecule has 200 valence electrons. The first-order valence-electron chi connectivity index (χ1n) is 10.5. The number of rotatable bonds is 4. The maximum absolute atomic E-state index is 14.1. The summed E-state index contributed by atoms with van der Waals surface area (Å²) in [6.45, 7) is 5.08. The zero-order valence-corrected chi connectivity index (χ0v) is 22.1. The Labute approximate surface area is 209 Å². The molecule has 1 N–H and O–H groups in total. The molecule has 0 saturated carbocycles. The zero-order chi connectivity index (χ0) is 27.9. The lowest BCUT2D eigenvalue weighted by molar-refractivity contribution is -0.274. The van der Waals surface area contributed by atoms with E-state index >= 15 is 0 Å². The summed E-state index contributed by atoms with van der Waals surface area (Å²) in [4.78, 5) is 11.6. The van der Waals surface area contributed by atoms with Gasteiger partial charge >= 0.3 is 17.7 Å². The van der Waals surface area contributed by atoms with Crippen LogP contribution in [0.2, 0.25) is 24.7 Å². The summed E-state index contributed by atoms with van der Waals surface area (Å²) in [5.41, 5.74) is -3.39. The van der Waals surface area contributed by atoms with Gasteiger partial charge in [0.15, 0.2) is 19.3 Å². The van der Waals surface area contributed by atoms with Gasteiger partial charge in [-0.1, -0.05) is 44.2 Å². The van der Waals surface area contributed by atoms with Crippen molar-refractivity contribution in [2.45, 2.75) is 50.1 Å². The summed E-state index contributed by atoms with van der Waals surface area (Å²) in [6.07, 6.45) is -5.03. The number of fused-ring (bicyclic) bond motifs is 1. The maximum Gasteiger partial charge on any atom is 0.422 e. The molecule has 5 nitrogen and oxygen atoms in total. The van der Waals surface area contributed by atoms with Crippen LogP contribution in [0.4, 0.5) is 26.3 Å². The number of ether oxygens (including phenoxy) is 1. The third-order valence-electron chi connectivity index (χ3n) is 5.81. The van der Waals surface area contributed by atoms with Crippen LogP contribution in [0.3, 0.4) is 0 Å². The van der Waals surface area contributed by atoms with E-state index in [1.165, 1.54) is 65.0 Å². The molecule has 36 heavy (non-hydrogen) atoms. The molecule has 3 aromatic rings. The summed E-state index contributed by atoms with van der Waals surface area (Å²) >= 11 is 6.12. The third-order valence-corrected chi connectivity index (χ3v) is 7.86. The first-order chi connectivity index (χ1) is 16.3. The highest BCUT2D eigenvalue weighted by atomic mass is 35.5. The van der Waals surface area contributed by atoms with Gasteiger partial charge in [-0.3, -0.25) is 4.57 Å². The Morgan fingerprint density at radius 3 is 2.08 bits per heavy atom. The van der Waals surface area contributed by atoms with E-state index in [0.29, 0.717) is 5.75 Å². The highest BCUT2D eigenvalue weighted by Gasteiger charge is 2.59. The van der Waals surface area contributed by atoms with Gasteiger partial charge in [-0.05, 0) is 41.5 Å². The van der Waals surface area contributed by atoms with Crippen molar-refractivity contribution in [2.75, 3.05) is 7.11 Å². The van der Waals surface area contributed by atoms with E-state index in [0.717, 1.165) is 16.7 Å². The van der Waals surface area contributed by atoms with Crippen molar-refractivity contribution in [1.29, 1.82) is 0 Å². The minimum atomic E-state index is -5.03. The van der Waals surface area contributed by atoms with Crippen LogP contribution in [-0.2, 0) is 12.6 Å². The Balaban J connectivity index is 0.000000493. The number of oxazole rings is 1. The number of aliphatic hydroxyl groups is 1. The fourth-order valence-electron chi connectivity index (χ4n) is 3.23. The molecule has 13 heteroatoms. The van der Waals surface area contributed by atoms with Gasteiger partial charge in [0, 0.05) is 18.0 Å². The number of nitrogens with zero attached hydrogens (tertiary/aromatic N) is 1. The number of aryl methyl sites for hydroxylation is 1. The minimum Gasteiger partial charge on any atom is -0.497 e. The quantitative estimate of drug-likeness (QED) is 0.284. The van der Waals surface area contributed by atoms with E-state index in [-0.39, 0.29) is 21.7 Å². The normalized spacial score (nSPS) is 15.2. The maximum atomic E-state index is 14.1. The van der Waals surface area contributed by atoms with Crippen LogP contribution in [0.25, 0.3) is 11.1 Å². The molecule has 0 fully saturated rings. The van der Waals surface area contributed by atoms with Crippen LogP contribution >= 0.6 is 11.6 Å². The van der Waals surface area contributed by atoms with Crippen molar-refractivity contribution in [2.24, 2.45) is 7.05 Å². The first-order valence-corrected chi connectivity index (χ1v) is 14.4. The molecular formula is C23H26ClF6NO4Si. The van der Waals surface area contributed by atoms with Crippen molar-refractivity contribution in [3.63, 3.8) is 0 Å². The fraction of sp³-hybridized carbons (Fsp3) is 0.435. The number of halogens is 7. The molecule has 2 aromatic carbocycles. The molecule has 0 amide bonds. The van der Waals surface area contributed by atoms with Crippen LogP contribution < -0.4 is 10.5 Å². The standard InChI is InChI=1S/C19H17ClF3NO4.C4H9F3Si/c1-10(13-9-12(27-3)5-6-14(13)20)18(26,19(21,22)23)11-4-7-16-15(8-11)24(2)17(25)28-16;1-8(2,3)4(5,6)7/h4-10,26H,1-3H3;1-3H3. The molecular weight excluding hydrogens is 532 g/mol. The topological polar surface area (TPSA) is 64.6 Å². The molecule has 0 aliphatic rings. The highest BCUT2D eigenvalue weighted by molar-refractivity contribution is 6.77. The molecule has 0 spiro atoms. The number of aromatic nitrogens is 1. The highest BCUT2D eigenvalue weighted by Crippen LogP contribution is 2.50. The van der Waals surface area contributed by atoms with Crippen molar-refractivity contribution >= 4 is 30.8 Å². The van der Waals surface area contributed by atoms with Gasteiger partial charge in [0.05, 0.1) is 12.6 Å². The van der Waals surface area contributed by atoms with E-state index in [2.05, 4.69) is 0 Å². The Bertz CT molecular complexity index is 1270. The molecule has 1 heterocycles. The van der Waals surface area contributed by atoms with Crippen LogP contribution in [0.15, 0.2) is 45.6 Å². The first kappa shape index (κ1) is 29.8. The van der Waals surface area contributed by atoms with Crippen molar-refractivity contribution in [1.82, 2.24) is 4.57 Å². The molecule has 0 aliphatic carbocycles. The second-order valence-electron chi connectivity index (χ2n) is 9.23. The smallest absolute Gasteiger partial charge is 0.422 e. The Morgan fingerprint density at radius 2 is 1.61 bits per heavy atom. The van der Waals surface area contributed by atoms with Crippen molar-refractivity contribution < 1.29 is 40.6 Å². The SMILES string of the molecule is COc1ccc(Cl)c(C(C)C(O)(c2ccc3oc(=O)n(C)c3c2)C(F)(F)F)c1.C[Si](C)(C)C(F)(F)F. The lowest BCUT2D eigenvalue weighted by atomic mass is 9.77. The third kappa shape index (κ3) is 5.75. The zero-order valence-electron chi connectivity index (χ0n) is 20.3. The molecule has 0 bridgehead atoms. The summed E-state index contributed by atoms with van der Waals surface area (Å²) < 4.78 is 88.4. The lowest BCUT2D eigenvalue weighted by Gasteiger charge is -2.37. The lowest BCUT2D eigenvalue weighted by Crippen LogP contribution is -2.46. The van der Waals surface area contributed by atoms with E-state index in [4.69, 9.17) is 20.8 Å². The average Bonchev–Trinajstić information content (AvgIpc) is 3.04. The van der Waals surface area contributed by atoms with Crippen LogP contribution in [-0.4, -0.2) is 36.8 Å². The number of benzene rings is 2. The van der Waals surface area contributed by atoms with Crippen LogP contribution in [0, 0.1) is 0 Å². The Morgan fingerprint density at radius 1 is 1.06 bits per heavy atom. The molecule has 2 unspecified atom stereocenters. The number of hydrogen-bond donors (Lipinski definition) is 1. The van der Waals surface area contributed by atoms with Gasteiger partial charge in [-0.2, -0.15) is 26.3 Å². The molecule has 1 aromatic heterocycles. The molecule has 0 aliphatic heterocycles. The van der Waals surface area contributed by atoms with Gasteiger partial charge in [0.1, 0.15) is 5.75 Å². The summed E-state index contributed by atoms with van der Waals surface area (Å²) in [7, 11) is -0.115. The number of hydrogen-bond acceptors (Lipinski definition) is 4. The Hall–Kier alpha value is -2.44. The van der Waals surface area contributed by atoms with Crippen LogP contribution in [0.5, 0.6) is 5.75 Å². The van der Waals surface area contributed by atoms with Gasteiger partial charge in [0.2, 0.25) is 0 Å². The van der Waals surface area contributed by atoms with E-state index in [1.54, 1.807) is 0 Å². The van der Waals surface area contributed by atoms with Crippen molar-refractivity contribution in [3.8, 4) is 5.75 Å². The van der Waals surface area contributed by atoms with E-state index in [1.807, 2.05) is 0 Å². The second kappa shape index (κ2) is 10.1. The average molecular weight is 558 g/mol. The van der Waals surface area contributed by atoms with Crippen molar-refractivity contribution in [3.05, 3.63) is 63.1 Å². The van der Waals surface area contributed by atoms with Gasteiger partial charge < -0.3 is 14.3 Å². The molecule has 0 radical (unpaired) electrons. The van der Waals surface area contributed by atoms with Gasteiger partial charge in [0.25, 0.3) is 0 Å². The summed E-state index contributed by atoms with van der Waals surface area (Å²) in [5.74, 6) is -5.81. The molecule has 3 rings (SSSR count). The van der Waals surface area contributed by atoms with Gasteiger partial charge in [-0.15, -0.1) is 0 Å². The second-order valence-corrected chi connectivity index (χ2v) is 14.7. The minimum absolute atomic E-state index is 0.0627. The van der Waals surface area contributed by atoms with E-state index in [9.17, 15) is 36.2 Å². The summed E-state index contributed by atoms with van der Waals surface area (Å²) in [5, 5.41) is 11.0. The molecule has 2 atom stereocenters. The predicted octanol–water partition coefficient (Wildman–Crippen LogP) is 6.77. The number of alkyl halides is 6. The molecule has 0 saturated heterocycles. The van der Waals surface area contributed by atoms with Crippen LogP contribution in [0.1, 0.15) is 24.0 Å².